The summed E-state index contributed by atoms with van der Waals surface area (Å²) in [6.45, 7) is 9.21. The molecule has 1 unspecified atom stereocenters. The van der Waals surface area contributed by atoms with Crippen molar-refractivity contribution in [3.63, 3.8) is 0 Å². The van der Waals surface area contributed by atoms with Crippen LogP contribution in [0.3, 0.4) is 0 Å². The van der Waals surface area contributed by atoms with Gasteiger partial charge in [-0.05, 0) is 37.5 Å². The van der Waals surface area contributed by atoms with E-state index in [9.17, 15) is 19.2 Å². The van der Waals surface area contributed by atoms with E-state index in [1.54, 1.807) is 0 Å². The van der Waals surface area contributed by atoms with Gasteiger partial charge in [-0.2, -0.15) is 0 Å². The van der Waals surface area contributed by atoms with Crippen molar-refractivity contribution in [1.82, 2.24) is 15.5 Å². The third-order valence-electron chi connectivity index (χ3n) is 4.44. The number of nitrogens with one attached hydrogen (secondary N) is 3. The van der Waals surface area contributed by atoms with Crippen LogP contribution in [-0.4, -0.2) is 59.5 Å². The van der Waals surface area contributed by atoms with E-state index in [1.807, 2.05) is 27.7 Å². The number of nitrogens with two attached hydrogens (primary N) is 2. The lowest BCUT2D eigenvalue weighted by Crippen LogP contribution is -2.56. The third-order valence-corrected chi connectivity index (χ3v) is 4.44. The number of carbonyl (C=O) groups is 4. The van der Waals surface area contributed by atoms with E-state index in [4.69, 9.17) is 16.9 Å². The Balaban J connectivity index is 5.43. The molecule has 3 atom stereocenters. The number of rotatable bonds is 13. The molecule has 30 heavy (non-hydrogen) atoms. The number of guanidine groups is 1. The fourth-order valence-electron chi connectivity index (χ4n) is 3.10. The zero-order valence-corrected chi connectivity index (χ0v) is 18.7. The molecule has 172 valence electrons. The number of hydrogen-bond acceptors (Lipinski definition) is 6. The smallest absolute Gasteiger partial charge is 0.252 e. The lowest BCUT2D eigenvalue weighted by Gasteiger charge is -2.31. The number of carbonyl (C=O) groups excluding carboxylic acids is 4. The minimum absolute atomic E-state index is 0.0591. The molecule has 0 bridgehead atoms. The van der Waals surface area contributed by atoms with Gasteiger partial charge in [0.15, 0.2) is 5.96 Å². The molecule has 0 aromatic heterocycles. The first-order valence-electron chi connectivity index (χ1n) is 10.3. The SMILES string of the molecule is CC(=O)N(C(=O)[C@H](CC(C)C)NC(=O)[C@@H](N)CC(C)C)C(C=O)CCCNC(=N)N. The molecule has 10 nitrogen and oxygen atoms in total. The normalized spacial score (nSPS) is 14.0. The first-order valence-corrected chi connectivity index (χ1v) is 10.3. The highest BCUT2D eigenvalue weighted by atomic mass is 16.2. The van der Waals surface area contributed by atoms with E-state index < -0.39 is 35.8 Å². The number of amides is 3. The predicted octanol–water partition coefficient (Wildman–Crippen LogP) is 0.0966. The van der Waals surface area contributed by atoms with Crippen LogP contribution in [0.15, 0.2) is 0 Å². The Hall–Kier alpha value is -2.49. The van der Waals surface area contributed by atoms with Crippen LogP contribution in [-0.2, 0) is 19.2 Å². The molecular weight excluding hydrogens is 388 g/mol. The maximum absolute atomic E-state index is 13.2. The molecule has 0 rings (SSSR count). The Morgan fingerprint density at radius 3 is 2.10 bits per heavy atom. The van der Waals surface area contributed by atoms with Gasteiger partial charge in [-0.3, -0.25) is 24.7 Å². The van der Waals surface area contributed by atoms with Crippen molar-refractivity contribution in [2.75, 3.05) is 6.54 Å². The fourth-order valence-corrected chi connectivity index (χ4v) is 3.10. The van der Waals surface area contributed by atoms with Gasteiger partial charge in [-0.25, -0.2) is 0 Å². The molecule has 7 N–H and O–H groups in total. The minimum Gasteiger partial charge on any atom is -0.370 e. The molecule has 0 aliphatic rings. The molecule has 0 saturated carbocycles. The van der Waals surface area contributed by atoms with Crippen LogP contribution in [0.25, 0.3) is 0 Å². The molecule has 0 aromatic rings. The van der Waals surface area contributed by atoms with Crippen molar-refractivity contribution in [3.8, 4) is 0 Å². The highest BCUT2D eigenvalue weighted by Gasteiger charge is 2.34. The van der Waals surface area contributed by atoms with E-state index in [0.29, 0.717) is 32.1 Å². The topological polar surface area (TPSA) is 171 Å². The van der Waals surface area contributed by atoms with Crippen LogP contribution in [0.1, 0.15) is 60.3 Å². The van der Waals surface area contributed by atoms with Crippen molar-refractivity contribution in [1.29, 1.82) is 5.41 Å². The predicted molar refractivity (Wildman–Crippen MR) is 115 cm³/mol. The highest BCUT2D eigenvalue weighted by Crippen LogP contribution is 2.14. The molecule has 0 aromatic carbocycles. The van der Waals surface area contributed by atoms with E-state index in [0.717, 1.165) is 4.90 Å². The summed E-state index contributed by atoms with van der Waals surface area (Å²) in [5.74, 6) is -1.59. The van der Waals surface area contributed by atoms with Crippen LogP contribution in [0.4, 0.5) is 0 Å². The minimum atomic E-state index is -0.973. The van der Waals surface area contributed by atoms with E-state index in [-0.39, 0.29) is 24.2 Å². The summed E-state index contributed by atoms with van der Waals surface area (Å²) in [5.41, 5.74) is 11.1. The summed E-state index contributed by atoms with van der Waals surface area (Å²) in [6.07, 6.45) is 1.95. The number of aldehydes is 1. The maximum Gasteiger partial charge on any atom is 0.252 e. The van der Waals surface area contributed by atoms with Gasteiger partial charge in [-0.1, -0.05) is 27.7 Å². The van der Waals surface area contributed by atoms with Crippen molar-refractivity contribution in [2.45, 2.75) is 78.4 Å². The van der Waals surface area contributed by atoms with Gasteiger partial charge in [0, 0.05) is 13.5 Å². The van der Waals surface area contributed by atoms with Gasteiger partial charge >= 0.3 is 0 Å². The zero-order chi connectivity index (χ0) is 23.4. The van der Waals surface area contributed by atoms with E-state index >= 15 is 0 Å². The maximum atomic E-state index is 13.2. The van der Waals surface area contributed by atoms with E-state index in [2.05, 4.69) is 10.6 Å². The molecule has 3 amide bonds. The molecule has 0 heterocycles. The lowest BCUT2D eigenvalue weighted by atomic mass is 9.99. The molecule has 10 heteroatoms. The second-order valence-corrected chi connectivity index (χ2v) is 8.34. The summed E-state index contributed by atoms with van der Waals surface area (Å²) in [6, 6.07) is -2.70. The first-order chi connectivity index (χ1) is 13.9. The lowest BCUT2D eigenvalue weighted by molar-refractivity contribution is -0.151. The molecule has 0 saturated heterocycles. The standard InChI is InChI=1S/C20H38N6O4/c1-12(2)9-16(21)18(29)25-17(10-13(3)4)19(30)26(14(5)28)15(11-27)7-6-8-24-20(22)23/h11-13,15-17H,6-10,21H2,1-5H3,(H,25,29)(H4,22,23,24)/t15?,16-,17-/m0/s1. The Labute approximate surface area is 179 Å². The van der Waals surface area contributed by atoms with Crippen molar-refractivity contribution in [3.05, 3.63) is 0 Å². The van der Waals surface area contributed by atoms with Crippen LogP contribution < -0.4 is 22.1 Å². The quantitative estimate of drug-likeness (QED) is 0.120. The molecule has 0 aliphatic carbocycles. The largest absolute Gasteiger partial charge is 0.370 e. The van der Waals surface area contributed by atoms with Crippen molar-refractivity contribution in [2.24, 2.45) is 23.3 Å². The van der Waals surface area contributed by atoms with Crippen LogP contribution in [0.5, 0.6) is 0 Å². The third kappa shape index (κ3) is 10.3. The average Bonchev–Trinajstić information content (AvgIpc) is 2.61. The Kier molecular flexibility index (Phi) is 12.5. The summed E-state index contributed by atoms with van der Waals surface area (Å²) < 4.78 is 0. The van der Waals surface area contributed by atoms with Gasteiger partial charge in [0.1, 0.15) is 12.3 Å². The number of hydrogen-bond donors (Lipinski definition) is 5. The Morgan fingerprint density at radius 2 is 1.67 bits per heavy atom. The zero-order valence-electron chi connectivity index (χ0n) is 18.7. The van der Waals surface area contributed by atoms with Gasteiger partial charge in [0.25, 0.3) is 5.91 Å². The summed E-state index contributed by atoms with van der Waals surface area (Å²) in [7, 11) is 0. The van der Waals surface area contributed by atoms with Gasteiger partial charge in [-0.15, -0.1) is 0 Å². The second-order valence-electron chi connectivity index (χ2n) is 8.34. The Morgan fingerprint density at radius 1 is 1.10 bits per heavy atom. The van der Waals surface area contributed by atoms with Gasteiger partial charge < -0.3 is 26.9 Å². The summed E-state index contributed by atoms with van der Waals surface area (Å²) in [5, 5.41) is 12.4. The van der Waals surface area contributed by atoms with Crippen LogP contribution in [0.2, 0.25) is 0 Å². The molecular formula is C20H38N6O4. The van der Waals surface area contributed by atoms with Crippen molar-refractivity contribution >= 4 is 30.0 Å². The summed E-state index contributed by atoms with van der Waals surface area (Å²) >= 11 is 0. The van der Waals surface area contributed by atoms with Crippen molar-refractivity contribution < 1.29 is 19.2 Å². The van der Waals surface area contributed by atoms with Gasteiger partial charge in [0.2, 0.25) is 11.8 Å². The van der Waals surface area contributed by atoms with Gasteiger partial charge in [0.05, 0.1) is 12.1 Å². The first kappa shape index (κ1) is 27.5. The summed E-state index contributed by atoms with van der Waals surface area (Å²) in [4.78, 5) is 50.4. The number of imide groups is 1. The van der Waals surface area contributed by atoms with E-state index in [1.165, 1.54) is 6.92 Å². The fraction of sp³-hybridized carbons (Fsp3) is 0.750. The molecule has 0 radical (unpaired) electrons. The highest BCUT2D eigenvalue weighted by molar-refractivity contribution is 6.01. The molecule has 0 fully saturated rings. The monoisotopic (exact) mass is 426 g/mol. The molecule has 0 aliphatic heterocycles. The second kappa shape index (κ2) is 13.7. The van der Waals surface area contributed by atoms with Crippen LogP contribution >= 0.6 is 0 Å². The number of nitrogens with zero attached hydrogens (tertiary/aromatic N) is 1. The van der Waals surface area contributed by atoms with Crippen LogP contribution in [0, 0.1) is 17.2 Å². The Bertz CT molecular complexity index is 608. The molecule has 0 spiro atoms. The average molecular weight is 427 g/mol.